The molecule has 0 aromatic heterocycles. The average molecular weight is 287 g/mol. The first kappa shape index (κ1) is 12.0. The van der Waals surface area contributed by atoms with Crippen molar-refractivity contribution in [2.75, 3.05) is 26.2 Å². The molecule has 0 aliphatic carbocycles. The van der Waals surface area contributed by atoms with Crippen LogP contribution in [0.4, 0.5) is 4.39 Å². The van der Waals surface area contributed by atoms with Crippen LogP contribution in [0, 0.1) is 5.82 Å². The van der Waals surface area contributed by atoms with Crippen LogP contribution >= 0.6 is 15.9 Å². The van der Waals surface area contributed by atoms with Gasteiger partial charge in [0.1, 0.15) is 5.82 Å². The number of rotatable bonds is 2. The molecule has 0 saturated carbocycles. The largest absolute Gasteiger partial charge is 0.314 e. The van der Waals surface area contributed by atoms with Gasteiger partial charge in [0.25, 0.3) is 0 Å². The average Bonchev–Trinajstić information content (AvgIpc) is 2.32. The van der Waals surface area contributed by atoms with E-state index in [0.29, 0.717) is 0 Å². The quantitative estimate of drug-likeness (QED) is 0.899. The third-order valence-corrected chi connectivity index (χ3v) is 3.83. The SMILES string of the molecule is C[C@H](c1cc(F)ccc1Br)N1CCNCC1. The molecule has 1 N–H and O–H groups in total. The molecular formula is C12H16BrFN2. The van der Waals surface area contributed by atoms with Crippen molar-refractivity contribution in [2.24, 2.45) is 0 Å². The van der Waals surface area contributed by atoms with E-state index in [2.05, 4.69) is 33.1 Å². The van der Waals surface area contributed by atoms with Crippen molar-refractivity contribution in [3.8, 4) is 0 Å². The van der Waals surface area contributed by atoms with Gasteiger partial charge in [-0.15, -0.1) is 0 Å². The van der Waals surface area contributed by atoms with E-state index >= 15 is 0 Å². The zero-order chi connectivity index (χ0) is 11.5. The molecule has 2 rings (SSSR count). The number of nitrogens with one attached hydrogen (secondary N) is 1. The molecule has 4 heteroatoms. The Bertz CT molecular complexity index is 364. The predicted octanol–water partition coefficient (Wildman–Crippen LogP) is 2.55. The number of halogens is 2. The lowest BCUT2D eigenvalue weighted by Crippen LogP contribution is -2.44. The first-order valence-corrected chi connectivity index (χ1v) is 6.37. The summed E-state index contributed by atoms with van der Waals surface area (Å²) in [5, 5.41) is 3.32. The van der Waals surface area contributed by atoms with Gasteiger partial charge in [0.2, 0.25) is 0 Å². The highest BCUT2D eigenvalue weighted by Gasteiger charge is 2.19. The van der Waals surface area contributed by atoms with Crippen molar-refractivity contribution in [2.45, 2.75) is 13.0 Å². The lowest BCUT2D eigenvalue weighted by Gasteiger charge is -2.33. The number of nitrogens with zero attached hydrogens (tertiary/aromatic N) is 1. The molecular weight excluding hydrogens is 271 g/mol. The second-order valence-corrected chi connectivity index (χ2v) is 4.98. The van der Waals surface area contributed by atoms with Crippen molar-refractivity contribution in [1.29, 1.82) is 0 Å². The van der Waals surface area contributed by atoms with Crippen molar-refractivity contribution in [1.82, 2.24) is 10.2 Å². The summed E-state index contributed by atoms with van der Waals surface area (Å²) in [5.41, 5.74) is 1.03. The van der Waals surface area contributed by atoms with E-state index in [9.17, 15) is 4.39 Å². The molecule has 1 heterocycles. The molecule has 1 saturated heterocycles. The molecule has 0 unspecified atom stereocenters. The second-order valence-electron chi connectivity index (χ2n) is 4.13. The minimum absolute atomic E-state index is 0.166. The Kier molecular flexibility index (Phi) is 3.95. The van der Waals surface area contributed by atoms with Crippen molar-refractivity contribution < 1.29 is 4.39 Å². The molecule has 0 radical (unpaired) electrons. The van der Waals surface area contributed by atoms with Crippen LogP contribution in [-0.2, 0) is 0 Å². The smallest absolute Gasteiger partial charge is 0.123 e. The minimum atomic E-state index is -0.166. The fraction of sp³-hybridized carbons (Fsp3) is 0.500. The van der Waals surface area contributed by atoms with Crippen molar-refractivity contribution in [3.63, 3.8) is 0 Å². The standard InChI is InChI=1S/C12H16BrFN2/c1-9(16-6-4-15-5-7-16)11-8-10(14)2-3-12(11)13/h2-3,8-9,15H,4-7H2,1H3/t9-/m1/s1. The maximum absolute atomic E-state index is 13.2. The van der Waals surface area contributed by atoms with E-state index < -0.39 is 0 Å². The highest BCUT2D eigenvalue weighted by atomic mass is 79.9. The molecule has 1 fully saturated rings. The van der Waals surface area contributed by atoms with E-state index in [1.807, 2.05) is 0 Å². The molecule has 0 spiro atoms. The Morgan fingerprint density at radius 1 is 1.38 bits per heavy atom. The van der Waals surface area contributed by atoms with Gasteiger partial charge >= 0.3 is 0 Å². The molecule has 1 atom stereocenters. The fourth-order valence-electron chi connectivity index (χ4n) is 2.10. The summed E-state index contributed by atoms with van der Waals surface area (Å²) in [7, 11) is 0. The number of hydrogen-bond acceptors (Lipinski definition) is 2. The van der Waals surface area contributed by atoms with Gasteiger partial charge in [0.15, 0.2) is 0 Å². The van der Waals surface area contributed by atoms with Gasteiger partial charge in [-0.3, -0.25) is 4.90 Å². The Hall–Kier alpha value is -0.450. The van der Waals surface area contributed by atoms with Crippen molar-refractivity contribution >= 4 is 15.9 Å². The van der Waals surface area contributed by atoms with Crippen LogP contribution < -0.4 is 5.32 Å². The highest BCUT2D eigenvalue weighted by molar-refractivity contribution is 9.10. The maximum atomic E-state index is 13.2. The van der Waals surface area contributed by atoms with Crippen LogP contribution in [0.15, 0.2) is 22.7 Å². The summed E-state index contributed by atoms with van der Waals surface area (Å²) in [6.45, 7) is 6.19. The van der Waals surface area contributed by atoms with Crippen LogP contribution in [-0.4, -0.2) is 31.1 Å². The van der Waals surface area contributed by atoms with E-state index in [4.69, 9.17) is 0 Å². The Balaban J connectivity index is 2.18. The molecule has 0 amide bonds. The molecule has 16 heavy (non-hydrogen) atoms. The molecule has 1 aliphatic heterocycles. The van der Waals surface area contributed by atoms with Gasteiger partial charge in [-0.2, -0.15) is 0 Å². The second kappa shape index (κ2) is 5.25. The first-order chi connectivity index (χ1) is 7.68. The summed E-state index contributed by atoms with van der Waals surface area (Å²) in [4.78, 5) is 2.37. The molecule has 1 aromatic rings. The van der Waals surface area contributed by atoms with E-state index in [1.165, 1.54) is 6.07 Å². The Morgan fingerprint density at radius 2 is 2.06 bits per heavy atom. The number of piperazine rings is 1. The van der Waals surface area contributed by atoms with Gasteiger partial charge in [-0.05, 0) is 30.7 Å². The zero-order valence-electron chi connectivity index (χ0n) is 9.34. The molecule has 1 aliphatic rings. The van der Waals surface area contributed by atoms with Crippen molar-refractivity contribution in [3.05, 3.63) is 34.1 Å². The van der Waals surface area contributed by atoms with Crippen LogP contribution in [0.2, 0.25) is 0 Å². The summed E-state index contributed by atoms with van der Waals surface area (Å²) >= 11 is 3.49. The normalized spacial score (nSPS) is 19.7. The monoisotopic (exact) mass is 286 g/mol. The number of benzene rings is 1. The van der Waals surface area contributed by atoms with Gasteiger partial charge in [0.05, 0.1) is 0 Å². The minimum Gasteiger partial charge on any atom is -0.314 e. The lowest BCUT2D eigenvalue weighted by molar-refractivity contribution is 0.185. The molecule has 88 valence electrons. The summed E-state index contributed by atoms with van der Waals surface area (Å²) < 4.78 is 14.2. The van der Waals surface area contributed by atoms with Crippen LogP contribution in [0.25, 0.3) is 0 Å². The fourth-order valence-corrected chi connectivity index (χ4v) is 2.68. The van der Waals surface area contributed by atoms with Gasteiger partial charge in [0, 0.05) is 36.7 Å². The first-order valence-electron chi connectivity index (χ1n) is 5.58. The molecule has 0 bridgehead atoms. The Morgan fingerprint density at radius 3 is 2.75 bits per heavy atom. The molecule has 1 aromatic carbocycles. The zero-order valence-corrected chi connectivity index (χ0v) is 10.9. The highest BCUT2D eigenvalue weighted by Crippen LogP contribution is 2.28. The van der Waals surface area contributed by atoms with Crippen LogP contribution in [0.5, 0.6) is 0 Å². The van der Waals surface area contributed by atoms with Crippen LogP contribution in [0.1, 0.15) is 18.5 Å². The number of hydrogen-bond donors (Lipinski definition) is 1. The molecule has 2 nitrogen and oxygen atoms in total. The van der Waals surface area contributed by atoms with Crippen LogP contribution in [0.3, 0.4) is 0 Å². The topological polar surface area (TPSA) is 15.3 Å². The van der Waals surface area contributed by atoms with Gasteiger partial charge in [-0.25, -0.2) is 4.39 Å². The third kappa shape index (κ3) is 2.62. The maximum Gasteiger partial charge on any atom is 0.123 e. The summed E-state index contributed by atoms with van der Waals surface area (Å²) in [6.07, 6.45) is 0. The Labute approximate surface area is 104 Å². The van der Waals surface area contributed by atoms with E-state index in [0.717, 1.165) is 36.2 Å². The summed E-state index contributed by atoms with van der Waals surface area (Å²) in [6, 6.07) is 5.14. The van der Waals surface area contributed by atoms with E-state index in [-0.39, 0.29) is 11.9 Å². The van der Waals surface area contributed by atoms with Gasteiger partial charge in [-0.1, -0.05) is 15.9 Å². The predicted molar refractivity (Wildman–Crippen MR) is 67.0 cm³/mol. The van der Waals surface area contributed by atoms with Gasteiger partial charge < -0.3 is 5.32 Å². The third-order valence-electron chi connectivity index (χ3n) is 3.11. The lowest BCUT2D eigenvalue weighted by atomic mass is 10.1. The summed E-state index contributed by atoms with van der Waals surface area (Å²) in [5.74, 6) is -0.166. The van der Waals surface area contributed by atoms with E-state index in [1.54, 1.807) is 12.1 Å².